The minimum absolute atomic E-state index is 0.0406. The molecule has 3 rings (SSSR count). The van der Waals surface area contributed by atoms with Crippen LogP contribution in [0.2, 0.25) is 0 Å². The lowest BCUT2D eigenvalue weighted by molar-refractivity contribution is 0.0497. The molecule has 0 aromatic heterocycles. The molecule has 0 bridgehead atoms. The first-order chi connectivity index (χ1) is 9.63. The molecule has 0 aliphatic carbocycles. The topological polar surface area (TPSA) is 57.6 Å². The Bertz CT molecular complexity index is 657. The van der Waals surface area contributed by atoms with Gasteiger partial charge in [0.15, 0.2) is 0 Å². The Labute approximate surface area is 116 Å². The van der Waals surface area contributed by atoms with Crippen LogP contribution in [0.25, 0.3) is 10.8 Å². The van der Waals surface area contributed by atoms with Crippen molar-refractivity contribution in [3.63, 3.8) is 0 Å². The minimum atomic E-state index is -0.688. The van der Waals surface area contributed by atoms with E-state index in [0.29, 0.717) is 22.9 Å². The van der Waals surface area contributed by atoms with Gasteiger partial charge in [-0.15, -0.1) is 0 Å². The fourth-order valence-electron chi connectivity index (χ4n) is 2.59. The summed E-state index contributed by atoms with van der Waals surface area (Å²) in [6.07, 6.45) is -0.185. The van der Waals surface area contributed by atoms with Crippen LogP contribution < -0.4 is 0 Å². The van der Waals surface area contributed by atoms with Crippen molar-refractivity contribution in [1.29, 1.82) is 0 Å². The van der Waals surface area contributed by atoms with E-state index in [9.17, 15) is 14.7 Å². The Balaban J connectivity index is 2.16. The summed E-state index contributed by atoms with van der Waals surface area (Å²) in [4.78, 5) is 26.1. The normalized spacial score (nSPS) is 15.8. The molecule has 1 heterocycles. The van der Waals surface area contributed by atoms with Gasteiger partial charge in [0.2, 0.25) is 0 Å². The second-order valence-electron chi connectivity index (χ2n) is 4.99. The molecule has 1 aliphatic heterocycles. The predicted octanol–water partition coefficient (Wildman–Crippen LogP) is 2.21. The molecule has 0 saturated carbocycles. The van der Waals surface area contributed by atoms with Gasteiger partial charge in [-0.25, -0.2) is 0 Å². The molecule has 2 aromatic rings. The van der Waals surface area contributed by atoms with Gasteiger partial charge in [-0.1, -0.05) is 31.2 Å². The summed E-state index contributed by atoms with van der Waals surface area (Å²) in [6, 6.07) is 10.9. The highest BCUT2D eigenvalue weighted by Gasteiger charge is 2.33. The maximum atomic E-state index is 12.5. The standard InChI is InChI=1S/C16H15NO3/c1-2-11(18)9-17-15(19)12-7-3-5-10-6-4-8-13(14(10)12)16(17)20/h3-8,11,18H,2,9H2,1H3. The molecule has 2 amide bonds. The summed E-state index contributed by atoms with van der Waals surface area (Å²) >= 11 is 0. The van der Waals surface area contributed by atoms with Crippen molar-refractivity contribution in [2.75, 3.05) is 6.54 Å². The monoisotopic (exact) mass is 269 g/mol. The molecule has 0 radical (unpaired) electrons. The van der Waals surface area contributed by atoms with Crippen LogP contribution in [-0.2, 0) is 0 Å². The third-order valence-corrected chi connectivity index (χ3v) is 3.72. The molecule has 1 atom stereocenters. The number of imide groups is 1. The summed E-state index contributed by atoms with van der Waals surface area (Å²) < 4.78 is 0. The first-order valence-corrected chi connectivity index (χ1v) is 6.69. The van der Waals surface area contributed by atoms with Crippen LogP contribution in [0.15, 0.2) is 36.4 Å². The highest BCUT2D eigenvalue weighted by molar-refractivity contribution is 6.25. The van der Waals surface area contributed by atoms with Crippen LogP contribution in [0, 0.1) is 0 Å². The second-order valence-corrected chi connectivity index (χ2v) is 4.99. The Kier molecular flexibility index (Phi) is 3.03. The maximum absolute atomic E-state index is 12.5. The quantitative estimate of drug-likeness (QED) is 0.869. The van der Waals surface area contributed by atoms with E-state index in [2.05, 4.69) is 0 Å². The molecule has 2 aromatic carbocycles. The van der Waals surface area contributed by atoms with E-state index in [1.54, 1.807) is 12.1 Å². The third kappa shape index (κ3) is 1.80. The highest BCUT2D eigenvalue weighted by Crippen LogP contribution is 2.29. The van der Waals surface area contributed by atoms with Gasteiger partial charge < -0.3 is 5.11 Å². The van der Waals surface area contributed by atoms with Crippen LogP contribution in [0.5, 0.6) is 0 Å². The van der Waals surface area contributed by atoms with Crippen LogP contribution in [0.1, 0.15) is 34.1 Å². The van der Waals surface area contributed by atoms with Crippen LogP contribution in [0.3, 0.4) is 0 Å². The molecule has 0 fully saturated rings. The fourth-order valence-corrected chi connectivity index (χ4v) is 2.59. The largest absolute Gasteiger partial charge is 0.391 e. The highest BCUT2D eigenvalue weighted by atomic mass is 16.3. The number of hydrogen-bond acceptors (Lipinski definition) is 3. The zero-order valence-electron chi connectivity index (χ0n) is 11.2. The predicted molar refractivity (Wildman–Crippen MR) is 75.6 cm³/mol. The zero-order chi connectivity index (χ0) is 14.3. The first kappa shape index (κ1) is 12.8. The lowest BCUT2D eigenvalue weighted by Crippen LogP contribution is -2.44. The van der Waals surface area contributed by atoms with Crippen molar-refractivity contribution in [1.82, 2.24) is 4.90 Å². The molecule has 1 N–H and O–H groups in total. The summed E-state index contributed by atoms with van der Waals surface area (Å²) in [5.74, 6) is -0.654. The SMILES string of the molecule is CCC(O)CN1C(=O)c2cccc3cccc(c23)C1=O. The molecule has 0 saturated heterocycles. The second kappa shape index (κ2) is 4.72. The average molecular weight is 269 g/mol. The van der Waals surface area contributed by atoms with Crippen molar-refractivity contribution < 1.29 is 14.7 Å². The summed E-state index contributed by atoms with van der Waals surface area (Å²) in [5.41, 5.74) is 1.06. The van der Waals surface area contributed by atoms with E-state index >= 15 is 0 Å². The number of β-amino-alcohol motifs (C(OH)–C–C–N with tert-alkyl or cyclic N) is 1. The van der Waals surface area contributed by atoms with Gasteiger partial charge in [0, 0.05) is 16.5 Å². The zero-order valence-corrected chi connectivity index (χ0v) is 11.2. The van der Waals surface area contributed by atoms with Crippen LogP contribution >= 0.6 is 0 Å². The van der Waals surface area contributed by atoms with E-state index in [0.717, 1.165) is 10.3 Å². The maximum Gasteiger partial charge on any atom is 0.261 e. The minimum Gasteiger partial charge on any atom is -0.391 e. The number of carbonyl (C=O) groups excluding carboxylic acids is 2. The Morgan fingerprint density at radius 2 is 1.60 bits per heavy atom. The Morgan fingerprint density at radius 1 is 1.05 bits per heavy atom. The Hall–Kier alpha value is -2.20. The number of hydrogen-bond donors (Lipinski definition) is 1. The number of benzene rings is 2. The van der Waals surface area contributed by atoms with E-state index in [-0.39, 0.29) is 18.4 Å². The molecule has 4 heteroatoms. The molecule has 102 valence electrons. The van der Waals surface area contributed by atoms with Gasteiger partial charge in [-0.05, 0) is 23.9 Å². The van der Waals surface area contributed by atoms with Crippen molar-refractivity contribution in [2.45, 2.75) is 19.4 Å². The van der Waals surface area contributed by atoms with E-state index in [1.165, 1.54) is 0 Å². The Morgan fingerprint density at radius 3 is 2.10 bits per heavy atom. The molecule has 4 nitrogen and oxygen atoms in total. The van der Waals surface area contributed by atoms with E-state index in [1.807, 2.05) is 31.2 Å². The summed E-state index contributed by atoms with van der Waals surface area (Å²) in [7, 11) is 0. The fraction of sp³-hybridized carbons (Fsp3) is 0.250. The van der Waals surface area contributed by atoms with Crippen molar-refractivity contribution in [3.05, 3.63) is 47.5 Å². The van der Waals surface area contributed by atoms with E-state index in [4.69, 9.17) is 0 Å². The first-order valence-electron chi connectivity index (χ1n) is 6.69. The van der Waals surface area contributed by atoms with Crippen molar-refractivity contribution >= 4 is 22.6 Å². The lowest BCUT2D eigenvalue weighted by atomic mass is 9.94. The summed E-state index contributed by atoms with van der Waals surface area (Å²) in [5, 5.41) is 11.3. The van der Waals surface area contributed by atoms with Gasteiger partial charge in [0.25, 0.3) is 11.8 Å². The molecule has 1 aliphatic rings. The number of aliphatic hydroxyl groups excluding tert-OH is 1. The van der Waals surface area contributed by atoms with Gasteiger partial charge in [0.1, 0.15) is 0 Å². The summed E-state index contributed by atoms with van der Waals surface area (Å²) in [6.45, 7) is 1.86. The number of rotatable bonds is 3. The molecule has 20 heavy (non-hydrogen) atoms. The molecule has 0 spiro atoms. The smallest absolute Gasteiger partial charge is 0.261 e. The third-order valence-electron chi connectivity index (χ3n) is 3.72. The van der Waals surface area contributed by atoms with Gasteiger partial charge >= 0.3 is 0 Å². The van der Waals surface area contributed by atoms with Gasteiger partial charge in [0.05, 0.1) is 12.6 Å². The molecule has 1 unspecified atom stereocenters. The number of amides is 2. The number of carbonyl (C=O) groups is 2. The van der Waals surface area contributed by atoms with Crippen molar-refractivity contribution in [2.24, 2.45) is 0 Å². The lowest BCUT2D eigenvalue weighted by Gasteiger charge is -2.28. The van der Waals surface area contributed by atoms with Crippen LogP contribution in [-0.4, -0.2) is 34.5 Å². The number of aliphatic hydroxyl groups is 1. The molecular formula is C16H15NO3. The van der Waals surface area contributed by atoms with Gasteiger partial charge in [-0.2, -0.15) is 0 Å². The average Bonchev–Trinajstić information content (AvgIpc) is 2.48. The van der Waals surface area contributed by atoms with E-state index < -0.39 is 6.10 Å². The van der Waals surface area contributed by atoms with Gasteiger partial charge in [-0.3, -0.25) is 14.5 Å². The number of nitrogens with zero attached hydrogens (tertiary/aromatic N) is 1. The molecular weight excluding hydrogens is 254 g/mol. The van der Waals surface area contributed by atoms with Crippen LogP contribution in [0.4, 0.5) is 0 Å². The van der Waals surface area contributed by atoms with Crippen molar-refractivity contribution in [3.8, 4) is 0 Å².